The highest BCUT2D eigenvalue weighted by Crippen LogP contribution is 2.34. The molecule has 0 spiro atoms. The summed E-state index contributed by atoms with van der Waals surface area (Å²) in [7, 11) is -3.41. The first-order valence-corrected chi connectivity index (χ1v) is 8.69. The van der Waals surface area contributed by atoms with Crippen molar-refractivity contribution in [3.05, 3.63) is 0 Å². The van der Waals surface area contributed by atoms with Gasteiger partial charge in [-0.2, -0.15) is 9.98 Å². The van der Waals surface area contributed by atoms with Crippen LogP contribution in [-0.2, 0) is 10.0 Å². The van der Waals surface area contributed by atoms with Crippen LogP contribution in [0.15, 0.2) is 0 Å². The third kappa shape index (κ3) is 5.12. The molecule has 0 unspecified atom stereocenters. The van der Waals surface area contributed by atoms with Crippen molar-refractivity contribution in [1.29, 1.82) is 5.26 Å². The molecule has 0 amide bonds. The standard InChI is InChI=1S/C14H26N2O2S/c1-5-12-6-8-14(10-15,9-7-12)16-19(17,18)11-13(2,3)4/h12,16H,5-9,11H2,1-4H3. The zero-order chi connectivity index (χ0) is 14.7. The second-order valence-electron chi connectivity index (χ2n) is 6.97. The molecule has 0 saturated heterocycles. The Morgan fingerprint density at radius 3 is 2.21 bits per heavy atom. The molecular weight excluding hydrogens is 260 g/mol. The second-order valence-corrected chi connectivity index (χ2v) is 8.69. The molecule has 0 aromatic carbocycles. The normalized spacial score (nSPS) is 28.9. The molecule has 19 heavy (non-hydrogen) atoms. The van der Waals surface area contributed by atoms with Gasteiger partial charge in [0.2, 0.25) is 10.0 Å². The molecule has 1 rings (SSSR count). The first-order chi connectivity index (χ1) is 8.61. The Hall–Kier alpha value is -0.600. The third-order valence-electron chi connectivity index (χ3n) is 3.72. The molecule has 1 fully saturated rings. The van der Waals surface area contributed by atoms with Crippen LogP contribution in [0.5, 0.6) is 0 Å². The van der Waals surface area contributed by atoms with Crippen molar-refractivity contribution in [2.45, 2.75) is 65.3 Å². The van der Waals surface area contributed by atoms with Gasteiger partial charge in [-0.1, -0.05) is 34.1 Å². The number of nitriles is 1. The maximum atomic E-state index is 12.2. The van der Waals surface area contributed by atoms with Crippen LogP contribution in [0.25, 0.3) is 0 Å². The fraction of sp³-hybridized carbons (Fsp3) is 0.929. The van der Waals surface area contributed by atoms with E-state index in [4.69, 9.17) is 0 Å². The zero-order valence-corrected chi connectivity index (χ0v) is 13.3. The Morgan fingerprint density at radius 1 is 1.32 bits per heavy atom. The molecular formula is C14H26N2O2S. The average Bonchev–Trinajstić information content (AvgIpc) is 2.26. The number of nitrogens with one attached hydrogen (secondary N) is 1. The molecule has 0 aromatic rings. The SMILES string of the molecule is CCC1CCC(C#N)(NS(=O)(=O)CC(C)(C)C)CC1. The smallest absolute Gasteiger partial charge is 0.212 e. The maximum absolute atomic E-state index is 12.2. The number of rotatable bonds is 4. The first-order valence-electron chi connectivity index (χ1n) is 7.04. The fourth-order valence-corrected chi connectivity index (χ4v) is 4.78. The Balaban J connectivity index is 2.76. The molecule has 1 aliphatic rings. The largest absolute Gasteiger partial charge is 0.213 e. The summed E-state index contributed by atoms with van der Waals surface area (Å²) in [5.41, 5.74) is -1.18. The van der Waals surface area contributed by atoms with Gasteiger partial charge in [-0.25, -0.2) is 8.42 Å². The Kier molecular flexibility index (Phi) is 5.02. The maximum Gasteiger partial charge on any atom is 0.213 e. The Bertz CT molecular complexity index is 435. The molecule has 110 valence electrons. The van der Waals surface area contributed by atoms with Gasteiger partial charge in [-0.3, -0.25) is 0 Å². The third-order valence-corrected chi connectivity index (χ3v) is 5.67. The summed E-state index contributed by atoms with van der Waals surface area (Å²) < 4.78 is 27.0. The van der Waals surface area contributed by atoms with Crippen molar-refractivity contribution >= 4 is 10.0 Å². The topological polar surface area (TPSA) is 70.0 Å². The van der Waals surface area contributed by atoms with Crippen LogP contribution in [0.4, 0.5) is 0 Å². The van der Waals surface area contributed by atoms with Gasteiger partial charge in [0, 0.05) is 0 Å². The summed E-state index contributed by atoms with van der Waals surface area (Å²) in [6.07, 6.45) is 4.23. The number of hydrogen-bond donors (Lipinski definition) is 1. The highest BCUT2D eigenvalue weighted by molar-refractivity contribution is 7.89. The van der Waals surface area contributed by atoms with Crippen LogP contribution >= 0.6 is 0 Å². The van der Waals surface area contributed by atoms with Gasteiger partial charge >= 0.3 is 0 Å². The number of sulfonamides is 1. The Morgan fingerprint density at radius 2 is 1.84 bits per heavy atom. The van der Waals surface area contributed by atoms with E-state index in [0.29, 0.717) is 18.8 Å². The van der Waals surface area contributed by atoms with Gasteiger partial charge in [0.05, 0.1) is 11.8 Å². The predicted octanol–water partition coefficient (Wildman–Crippen LogP) is 2.81. The summed E-state index contributed by atoms with van der Waals surface area (Å²) >= 11 is 0. The van der Waals surface area contributed by atoms with E-state index in [2.05, 4.69) is 17.7 Å². The summed E-state index contributed by atoms with van der Waals surface area (Å²) in [6, 6.07) is 2.21. The van der Waals surface area contributed by atoms with Crippen LogP contribution in [0.2, 0.25) is 0 Å². The molecule has 0 radical (unpaired) electrons. The molecule has 0 heterocycles. The van der Waals surface area contributed by atoms with E-state index >= 15 is 0 Å². The molecule has 1 saturated carbocycles. The van der Waals surface area contributed by atoms with Gasteiger partial charge in [0.25, 0.3) is 0 Å². The van der Waals surface area contributed by atoms with Crippen molar-refractivity contribution in [3.8, 4) is 6.07 Å². The monoisotopic (exact) mass is 286 g/mol. The molecule has 0 atom stereocenters. The quantitative estimate of drug-likeness (QED) is 0.864. The highest BCUT2D eigenvalue weighted by atomic mass is 32.2. The summed E-state index contributed by atoms with van der Waals surface area (Å²) in [6.45, 7) is 7.81. The highest BCUT2D eigenvalue weighted by Gasteiger charge is 2.39. The summed E-state index contributed by atoms with van der Waals surface area (Å²) in [5.74, 6) is 0.689. The fourth-order valence-electron chi connectivity index (χ4n) is 2.72. The number of hydrogen-bond acceptors (Lipinski definition) is 3. The Labute approximate surface area is 117 Å². The second kappa shape index (κ2) is 5.80. The van der Waals surface area contributed by atoms with E-state index in [-0.39, 0.29) is 11.2 Å². The first kappa shape index (κ1) is 16.5. The minimum absolute atomic E-state index is 0.0562. The van der Waals surface area contributed by atoms with E-state index in [9.17, 15) is 13.7 Å². The molecule has 5 heteroatoms. The summed E-state index contributed by atoms with van der Waals surface area (Å²) in [5, 5.41) is 9.39. The molecule has 0 aliphatic heterocycles. The lowest BCUT2D eigenvalue weighted by Gasteiger charge is -2.35. The van der Waals surface area contributed by atoms with Gasteiger partial charge < -0.3 is 0 Å². The lowest BCUT2D eigenvalue weighted by atomic mass is 9.77. The lowest BCUT2D eigenvalue weighted by molar-refractivity contribution is 0.258. The summed E-state index contributed by atoms with van der Waals surface area (Å²) in [4.78, 5) is 0. The van der Waals surface area contributed by atoms with Crippen molar-refractivity contribution in [3.63, 3.8) is 0 Å². The van der Waals surface area contributed by atoms with Gasteiger partial charge in [0.1, 0.15) is 5.54 Å². The predicted molar refractivity (Wildman–Crippen MR) is 77.0 cm³/mol. The van der Waals surface area contributed by atoms with Gasteiger partial charge in [0.15, 0.2) is 0 Å². The average molecular weight is 286 g/mol. The molecule has 1 aliphatic carbocycles. The van der Waals surface area contributed by atoms with Gasteiger partial charge in [-0.15, -0.1) is 0 Å². The van der Waals surface area contributed by atoms with Crippen molar-refractivity contribution < 1.29 is 8.42 Å². The van der Waals surface area contributed by atoms with E-state index in [0.717, 1.165) is 19.3 Å². The number of nitrogens with zero attached hydrogens (tertiary/aromatic N) is 1. The van der Waals surface area contributed by atoms with Crippen molar-refractivity contribution in [1.82, 2.24) is 4.72 Å². The molecule has 1 N–H and O–H groups in total. The minimum Gasteiger partial charge on any atom is -0.212 e. The van der Waals surface area contributed by atoms with Crippen LogP contribution in [0.3, 0.4) is 0 Å². The van der Waals surface area contributed by atoms with E-state index in [1.54, 1.807) is 0 Å². The van der Waals surface area contributed by atoms with E-state index < -0.39 is 15.6 Å². The zero-order valence-electron chi connectivity index (χ0n) is 12.5. The van der Waals surface area contributed by atoms with Gasteiger partial charge in [-0.05, 0) is 37.0 Å². The van der Waals surface area contributed by atoms with Crippen molar-refractivity contribution in [2.24, 2.45) is 11.3 Å². The van der Waals surface area contributed by atoms with Crippen LogP contribution in [0.1, 0.15) is 59.8 Å². The van der Waals surface area contributed by atoms with Crippen LogP contribution in [0, 0.1) is 22.7 Å². The van der Waals surface area contributed by atoms with E-state index in [1.165, 1.54) is 0 Å². The van der Waals surface area contributed by atoms with Crippen LogP contribution in [-0.4, -0.2) is 19.7 Å². The van der Waals surface area contributed by atoms with E-state index in [1.807, 2.05) is 20.8 Å². The van der Waals surface area contributed by atoms with Crippen LogP contribution < -0.4 is 4.72 Å². The van der Waals surface area contributed by atoms with Crippen molar-refractivity contribution in [2.75, 3.05) is 5.75 Å². The molecule has 4 nitrogen and oxygen atoms in total. The minimum atomic E-state index is -3.41. The molecule has 0 bridgehead atoms. The lowest BCUT2D eigenvalue weighted by Crippen LogP contribution is -2.51. The molecule has 0 aromatic heterocycles.